The number of nitrogens with one attached hydrogen (secondary N) is 1. The number of anilines is 1. The van der Waals surface area contributed by atoms with Crippen LogP contribution in [-0.2, 0) is 5.41 Å². The summed E-state index contributed by atoms with van der Waals surface area (Å²) in [6.45, 7) is 5.20. The minimum absolute atomic E-state index is 0.0449. The fourth-order valence-corrected chi connectivity index (χ4v) is 3.16. The van der Waals surface area contributed by atoms with E-state index in [2.05, 4.69) is 58.7 Å². The van der Waals surface area contributed by atoms with Gasteiger partial charge in [-0.2, -0.15) is 5.26 Å². The van der Waals surface area contributed by atoms with Crippen LogP contribution >= 0.6 is 27.3 Å². The minimum Gasteiger partial charge on any atom is -0.383 e. The highest BCUT2D eigenvalue weighted by Gasteiger charge is 2.21. The highest BCUT2D eigenvalue weighted by molar-refractivity contribution is 9.10. The van der Waals surface area contributed by atoms with E-state index >= 15 is 0 Å². The van der Waals surface area contributed by atoms with E-state index < -0.39 is 0 Å². The molecule has 2 aromatic rings. The largest absolute Gasteiger partial charge is 0.383 e. The Morgan fingerprint density at radius 1 is 1.32 bits per heavy atom. The fourth-order valence-electron chi connectivity index (χ4n) is 1.85. The van der Waals surface area contributed by atoms with Gasteiger partial charge >= 0.3 is 0 Å². The maximum absolute atomic E-state index is 9.19. The first-order valence-electron chi connectivity index (χ1n) is 6.01. The van der Waals surface area contributed by atoms with Crippen molar-refractivity contribution >= 4 is 33.0 Å². The molecular weight excluding hydrogens is 320 g/mol. The maximum Gasteiger partial charge on any atom is 0.103 e. The molecule has 0 fully saturated rings. The van der Waals surface area contributed by atoms with Crippen molar-refractivity contribution in [3.05, 3.63) is 50.6 Å². The molecule has 2 rings (SSSR count). The lowest BCUT2D eigenvalue weighted by molar-refractivity contribution is 0.569. The van der Waals surface area contributed by atoms with Crippen LogP contribution in [0.3, 0.4) is 0 Å². The summed E-state index contributed by atoms with van der Waals surface area (Å²) in [6.07, 6.45) is 0. The number of rotatable bonds is 4. The summed E-state index contributed by atoms with van der Waals surface area (Å²) in [6, 6.07) is 12.2. The molecule has 0 amide bonds. The third-order valence-corrected chi connectivity index (χ3v) is 4.93. The molecule has 1 aromatic carbocycles. The highest BCUT2D eigenvalue weighted by Crippen LogP contribution is 2.29. The molecule has 1 aromatic heterocycles. The maximum atomic E-state index is 9.19. The smallest absolute Gasteiger partial charge is 0.103 e. The van der Waals surface area contributed by atoms with Crippen molar-refractivity contribution < 1.29 is 0 Å². The molecule has 4 heteroatoms. The van der Waals surface area contributed by atoms with Gasteiger partial charge in [0.1, 0.15) is 6.07 Å². The lowest BCUT2D eigenvalue weighted by Crippen LogP contribution is -2.26. The average molecular weight is 335 g/mol. The van der Waals surface area contributed by atoms with Gasteiger partial charge in [-0.25, -0.2) is 0 Å². The van der Waals surface area contributed by atoms with E-state index in [4.69, 9.17) is 0 Å². The van der Waals surface area contributed by atoms with Gasteiger partial charge in [0.2, 0.25) is 0 Å². The van der Waals surface area contributed by atoms with Gasteiger partial charge in [0.15, 0.2) is 0 Å². The van der Waals surface area contributed by atoms with Gasteiger partial charge < -0.3 is 5.32 Å². The molecule has 0 spiro atoms. The van der Waals surface area contributed by atoms with Crippen LogP contribution in [0.5, 0.6) is 0 Å². The van der Waals surface area contributed by atoms with E-state index in [1.54, 1.807) is 11.3 Å². The van der Waals surface area contributed by atoms with Crippen LogP contribution < -0.4 is 5.32 Å². The Morgan fingerprint density at radius 2 is 2.11 bits per heavy atom. The quantitative estimate of drug-likeness (QED) is 0.873. The SMILES string of the molecule is CC(C)(CNc1cccc(Br)c1C#N)c1cccs1. The Balaban J connectivity index is 2.16. The second-order valence-electron chi connectivity index (χ2n) is 4.99. The average Bonchev–Trinajstić information content (AvgIpc) is 2.91. The van der Waals surface area contributed by atoms with Gasteiger partial charge in [-0.15, -0.1) is 11.3 Å². The molecule has 0 atom stereocenters. The Kier molecular flexibility index (Phi) is 4.28. The molecule has 2 nitrogen and oxygen atoms in total. The number of benzene rings is 1. The summed E-state index contributed by atoms with van der Waals surface area (Å²) in [7, 11) is 0. The van der Waals surface area contributed by atoms with Gasteiger partial charge in [0.25, 0.3) is 0 Å². The van der Waals surface area contributed by atoms with Crippen LogP contribution in [0.1, 0.15) is 24.3 Å². The highest BCUT2D eigenvalue weighted by atomic mass is 79.9. The van der Waals surface area contributed by atoms with E-state index in [9.17, 15) is 5.26 Å². The number of nitrogens with zero attached hydrogens (tertiary/aromatic N) is 1. The lowest BCUT2D eigenvalue weighted by atomic mass is 9.91. The molecular formula is C15H15BrN2S. The summed E-state index contributed by atoms with van der Waals surface area (Å²) >= 11 is 5.17. The Labute approximate surface area is 126 Å². The zero-order valence-electron chi connectivity index (χ0n) is 10.9. The van der Waals surface area contributed by atoms with Crippen LogP contribution in [0.25, 0.3) is 0 Å². The number of halogens is 1. The first-order chi connectivity index (χ1) is 9.04. The van der Waals surface area contributed by atoms with Crippen molar-refractivity contribution in [2.75, 3.05) is 11.9 Å². The van der Waals surface area contributed by atoms with Crippen molar-refractivity contribution in [2.24, 2.45) is 0 Å². The number of thiophene rings is 1. The molecule has 1 heterocycles. The summed E-state index contributed by atoms with van der Waals surface area (Å²) in [4.78, 5) is 1.34. The second-order valence-corrected chi connectivity index (χ2v) is 6.79. The molecule has 1 N–H and O–H groups in total. The van der Waals surface area contributed by atoms with Gasteiger partial charge in [-0.05, 0) is 39.5 Å². The van der Waals surface area contributed by atoms with Crippen molar-refractivity contribution in [2.45, 2.75) is 19.3 Å². The minimum atomic E-state index is 0.0449. The molecule has 0 bridgehead atoms. The van der Waals surface area contributed by atoms with Crippen LogP contribution in [0.2, 0.25) is 0 Å². The first-order valence-corrected chi connectivity index (χ1v) is 7.68. The molecule has 0 saturated carbocycles. The van der Waals surface area contributed by atoms with Gasteiger partial charge in [-0.1, -0.05) is 26.0 Å². The monoisotopic (exact) mass is 334 g/mol. The molecule has 0 aliphatic heterocycles. The predicted octanol–water partition coefficient (Wildman–Crippen LogP) is 4.77. The molecule has 0 aliphatic rings. The molecule has 0 saturated heterocycles. The predicted molar refractivity (Wildman–Crippen MR) is 84.7 cm³/mol. The summed E-state index contributed by atoms with van der Waals surface area (Å²) < 4.78 is 0.828. The number of nitriles is 1. The van der Waals surface area contributed by atoms with Crippen LogP contribution in [0.4, 0.5) is 5.69 Å². The third kappa shape index (κ3) is 3.17. The lowest BCUT2D eigenvalue weighted by Gasteiger charge is -2.24. The number of hydrogen-bond donors (Lipinski definition) is 1. The van der Waals surface area contributed by atoms with Crippen LogP contribution in [0, 0.1) is 11.3 Å². The Morgan fingerprint density at radius 3 is 2.74 bits per heavy atom. The van der Waals surface area contributed by atoms with Crippen molar-refractivity contribution in [3.8, 4) is 6.07 Å². The fraction of sp³-hybridized carbons (Fsp3) is 0.267. The van der Waals surface area contributed by atoms with Crippen molar-refractivity contribution in [1.29, 1.82) is 5.26 Å². The second kappa shape index (κ2) is 5.77. The van der Waals surface area contributed by atoms with Gasteiger partial charge in [-0.3, -0.25) is 0 Å². The number of hydrogen-bond acceptors (Lipinski definition) is 3. The topological polar surface area (TPSA) is 35.8 Å². The zero-order chi connectivity index (χ0) is 13.9. The van der Waals surface area contributed by atoms with E-state index in [0.717, 1.165) is 16.7 Å². The van der Waals surface area contributed by atoms with E-state index in [1.807, 2.05) is 18.2 Å². The molecule has 0 radical (unpaired) electrons. The molecule has 0 aliphatic carbocycles. The van der Waals surface area contributed by atoms with Crippen molar-refractivity contribution in [1.82, 2.24) is 0 Å². The van der Waals surface area contributed by atoms with E-state index in [1.165, 1.54) is 4.88 Å². The van der Waals surface area contributed by atoms with Gasteiger partial charge in [0.05, 0.1) is 11.3 Å². The van der Waals surface area contributed by atoms with E-state index in [-0.39, 0.29) is 5.41 Å². The van der Waals surface area contributed by atoms with E-state index in [0.29, 0.717) is 5.56 Å². The van der Waals surface area contributed by atoms with Gasteiger partial charge in [0, 0.05) is 21.3 Å². The molecule has 0 unspecified atom stereocenters. The Bertz CT molecular complexity index is 597. The molecule has 98 valence electrons. The third-order valence-electron chi connectivity index (χ3n) is 3.03. The Hall–Kier alpha value is -1.31. The van der Waals surface area contributed by atoms with Crippen LogP contribution in [0.15, 0.2) is 40.2 Å². The summed E-state index contributed by atoms with van der Waals surface area (Å²) in [5, 5.41) is 14.7. The molecule has 19 heavy (non-hydrogen) atoms. The van der Waals surface area contributed by atoms with Crippen molar-refractivity contribution in [3.63, 3.8) is 0 Å². The normalized spacial score (nSPS) is 11.1. The standard InChI is InChI=1S/C15H15BrN2S/c1-15(2,14-7-4-8-19-14)10-18-13-6-3-5-12(16)11(13)9-17/h3-8,18H,10H2,1-2H3. The summed E-state index contributed by atoms with van der Waals surface area (Å²) in [5.41, 5.74) is 1.58. The zero-order valence-corrected chi connectivity index (χ0v) is 13.3. The first kappa shape index (κ1) is 14.1. The van der Waals surface area contributed by atoms with Crippen LogP contribution in [-0.4, -0.2) is 6.54 Å². The summed E-state index contributed by atoms with van der Waals surface area (Å²) in [5.74, 6) is 0.